The number of imidazole rings is 1. The number of anilines is 1. The van der Waals surface area contributed by atoms with E-state index in [1.165, 1.54) is 5.56 Å². The summed E-state index contributed by atoms with van der Waals surface area (Å²) in [6.07, 6.45) is 2.09. The molecule has 10 heteroatoms. The molecule has 5 heterocycles. The van der Waals surface area contributed by atoms with E-state index in [-0.39, 0.29) is 31.0 Å². The minimum Gasteiger partial charge on any atom is -0.456 e. The van der Waals surface area contributed by atoms with Gasteiger partial charge < -0.3 is 29.6 Å². The number of halogens is 1. The van der Waals surface area contributed by atoms with Gasteiger partial charge in [0, 0.05) is 6.20 Å². The number of ether oxygens (including phenoxy) is 3. The monoisotopic (exact) mass is 429 g/mol. The van der Waals surface area contributed by atoms with Crippen LogP contribution in [0, 0.1) is 0 Å². The molecular weight excluding hydrogens is 410 g/mol. The van der Waals surface area contributed by atoms with Crippen molar-refractivity contribution >= 4 is 28.6 Å². The van der Waals surface area contributed by atoms with E-state index in [9.17, 15) is 5.11 Å². The summed E-state index contributed by atoms with van der Waals surface area (Å²) in [6, 6.07) is 6.22. The molecule has 0 radical (unpaired) electrons. The van der Waals surface area contributed by atoms with Crippen molar-refractivity contribution in [3.05, 3.63) is 40.7 Å². The molecule has 3 aromatic heterocycles. The van der Waals surface area contributed by atoms with Gasteiger partial charge in [-0.15, -0.1) is 0 Å². The zero-order chi connectivity index (χ0) is 20.2. The van der Waals surface area contributed by atoms with Crippen LogP contribution in [0.25, 0.3) is 11.2 Å². The summed E-state index contributed by atoms with van der Waals surface area (Å²) in [5, 5.41) is 13.8. The normalized spacial score (nSPS) is 29.9. The average Bonchev–Trinajstić information content (AvgIpc) is 3.49. The summed E-state index contributed by atoms with van der Waals surface area (Å²) in [6.45, 7) is 0.583. The number of nitrogens with one attached hydrogen (secondary N) is 2. The van der Waals surface area contributed by atoms with Gasteiger partial charge in [0.15, 0.2) is 11.8 Å². The molecule has 5 atom stereocenters. The number of aromatic amines is 1. The number of rotatable bonds is 4. The van der Waals surface area contributed by atoms with Gasteiger partial charge in [0.25, 0.3) is 6.01 Å². The van der Waals surface area contributed by atoms with Crippen molar-refractivity contribution in [3.8, 4) is 6.01 Å². The number of aromatic nitrogens is 4. The Morgan fingerprint density at radius 3 is 3.07 bits per heavy atom. The molecule has 6 rings (SSSR count). The topological polar surface area (TPSA) is 114 Å². The van der Waals surface area contributed by atoms with Gasteiger partial charge >= 0.3 is 0 Å². The van der Waals surface area contributed by atoms with Gasteiger partial charge in [-0.2, -0.15) is 4.98 Å². The molecule has 0 spiro atoms. The highest BCUT2D eigenvalue weighted by Gasteiger charge is 2.48. The third-order valence-corrected chi connectivity index (χ3v) is 6.21. The van der Waals surface area contributed by atoms with Gasteiger partial charge in [0.2, 0.25) is 0 Å². The van der Waals surface area contributed by atoms with Crippen LogP contribution in [-0.4, -0.2) is 62.7 Å². The zero-order valence-electron chi connectivity index (χ0n) is 15.9. The van der Waals surface area contributed by atoms with E-state index in [1.54, 1.807) is 12.3 Å². The first-order valence-electron chi connectivity index (χ1n) is 10.0. The summed E-state index contributed by atoms with van der Waals surface area (Å²) < 4.78 is 17.1. The standard InChI is InChI=1S/C20H20ClN5O4/c21-10-6-12-19(25-18(10)23-11-4-3-9-2-1-5-22-15(9)11)26-20(24-12)30-14-8-29-16-13(27)7-28-17(14)16/h1-2,5-6,11,13-14,16-17,27H,3-4,7-8H2,(H2,23,24,25,26)/t11-,13+,14+,16+,17+/m0/s1. The number of aryl methyl sites for hydroxylation is 1. The number of fused-ring (bicyclic) bond motifs is 3. The van der Waals surface area contributed by atoms with E-state index >= 15 is 0 Å². The van der Waals surface area contributed by atoms with Crippen molar-refractivity contribution in [2.24, 2.45) is 0 Å². The van der Waals surface area contributed by atoms with Crippen molar-refractivity contribution in [3.63, 3.8) is 0 Å². The molecule has 30 heavy (non-hydrogen) atoms. The predicted octanol–water partition coefficient (Wildman–Crippen LogP) is 2.01. The molecule has 0 saturated carbocycles. The number of H-pyrrole nitrogens is 1. The molecule has 156 valence electrons. The number of hydrogen-bond donors (Lipinski definition) is 3. The van der Waals surface area contributed by atoms with Crippen LogP contribution >= 0.6 is 11.6 Å². The largest absolute Gasteiger partial charge is 0.456 e. The second-order valence-corrected chi connectivity index (χ2v) is 8.24. The first-order valence-corrected chi connectivity index (χ1v) is 10.4. The predicted molar refractivity (Wildman–Crippen MR) is 108 cm³/mol. The molecular formula is C20H20ClN5O4. The SMILES string of the molecule is O[C@@H]1CO[C@H]2[C@@H]1OC[C@H]2Oc1nc2nc(N[C@H]3CCc4cccnc43)c(Cl)cc2[nH]1. The molecule has 3 aliphatic rings. The Labute approximate surface area is 176 Å². The lowest BCUT2D eigenvalue weighted by Crippen LogP contribution is -2.34. The van der Waals surface area contributed by atoms with E-state index in [4.69, 9.17) is 25.8 Å². The summed E-state index contributed by atoms with van der Waals surface area (Å²) in [5.41, 5.74) is 3.46. The Kier molecular flexibility index (Phi) is 4.31. The highest BCUT2D eigenvalue weighted by atomic mass is 35.5. The van der Waals surface area contributed by atoms with Crippen molar-refractivity contribution in [2.45, 2.75) is 43.3 Å². The van der Waals surface area contributed by atoms with Crippen LogP contribution in [0.1, 0.15) is 23.7 Å². The van der Waals surface area contributed by atoms with Crippen LogP contribution in [0.2, 0.25) is 5.02 Å². The number of aliphatic hydroxyl groups excluding tert-OH is 1. The van der Waals surface area contributed by atoms with Crippen molar-refractivity contribution in [1.29, 1.82) is 0 Å². The smallest absolute Gasteiger partial charge is 0.296 e. The van der Waals surface area contributed by atoms with Crippen molar-refractivity contribution < 1.29 is 19.3 Å². The minimum absolute atomic E-state index is 0.0665. The average molecular weight is 430 g/mol. The van der Waals surface area contributed by atoms with Crippen molar-refractivity contribution in [1.82, 2.24) is 19.9 Å². The number of aliphatic hydroxyl groups is 1. The maximum atomic E-state index is 9.87. The molecule has 2 saturated heterocycles. The minimum atomic E-state index is -0.622. The molecule has 2 aliphatic heterocycles. The van der Waals surface area contributed by atoms with Crippen LogP contribution in [0.3, 0.4) is 0 Å². The Bertz CT molecular complexity index is 1110. The Hall–Kier alpha value is -2.46. The van der Waals surface area contributed by atoms with Crippen LogP contribution in [0.5, 0.6) is 6.01 Å². The third kappa shape index (κ3) is 3.01. The molecule has 3 aromatic rings. The highest BCUT2D eigenvalue weighted by molar-refractivity contribution is 6.33. The Morgan fingerprint density at radius 1 is 1.23 bits per heavy atom. The maximum absolute atomic E-state index is 9.87. The van der Waals surface area contributed by atoms with Gasteiger partial charge in [-0.25, -0.2) is 4.98 Å². The lowest BCUT2D eigenvalue weighted by atomic mass is 10.1. The number of hydrogen-bond acceptors (Lipinski definition) is 8. The van der Waals surface area contributed by atoms with Gasteiger partial charge in [-0.3, -0.25) is 4.98 Å². The van der Waals surface area contributed by atoms with E-state index in [0.29, 0.717) is 34.6 Å². The van der Waals surface area contributed by atoms with E-state index < -0.39 is 6.10 Å². The molecule has 9 nitrogen and oxygen atoms in total. The van der Waals surface area contributed by atoms with Gasteiger partial charge in [-0.05, 0) is 30.5 Å². The molecule has 2 fully saturated rings. The molecule has 0 amide bonds. The fourth-order valence-corrected chi connectivity index (χ4v) is 4.67. The van der Waals surface area contributed by atoms with Gasteiger partial charge in [-0.1, -0.05) is 17.7 Å². The fourth-order valence-electron chi connectivity index (χ4n) is 4.46. The Balaban J connectivity index is 1.23. The maximum Gasteiger partial charge on any atom is 0.296 e. The molecule has 0 bridgehead atoms. The lowest BCUT2D eigenvalue weighted by Gasteiger charge is -2.15. The number of pyridine rings is 2. The van der Waals surface area contributed by atoms with Gasteiger partial charge in [0.05, 0.1) is 35.5 Å². The molecule has 0 aromatic carbocycles. The molecule has 3 N–H and O–H groups in total. The molecule has 1 aliphatic carbocycles. The molecule has 0 unspecified atom stereocenters. The summed E-state index contributed by atoms with van der Waals surface area (Å²) in [4.78, 5) is 16.6. The Morgan fingerprint density at radius 2 is 2.13 bits per heavy atom. The second-order valence-electron chi connectivity index (χ2n) is 7.83. The highest BCUT2D eigenvalue weighted by Crippen LogP contribution is 2.35. The van der Waals surface area contributed by atoms with E-state index in [1.807, 2.05) is 6.07 Å². The first-order chi connectivity index (χ1) is 14.7. The van der Waals surface area contributed by atoms with Crippen molar-refractivity contribution in [2.75, 3.05) is 18.5 Å². The zero-order valence-corrected chi connectivity index (χ0v) is 16.7. The summed E-state index contributed by atoms with van der Waals surface area (Å²) in [7, 11) is 0. The first kappa shape index (κ1) is 18.3. The van der Waals surface area contributed by atoms with Crippen LogP contribution in [0.4, 0.5) is 5.82 Å². The number of nitrogens with zero attached hydrogens (tertiary/aromatic N) is 3. The van der Waals surface area contributed by atoms with E-state index in [0.717, 1.165) is 18.5 Å². The van der Waals surface area contributed by atoms with Gasteiger partial charge in [0.1, 0.15) is 24.1 Å². The summed E-state index contributed by atoms with van der Waals surface area (Å²) >= 11 is 6.48. The van der Waals surface area contributed by atoms with E-state index in [2.05, 4.69) is 31.3 Å². The van der Waals surface area contributed by atoms with Crippen LogP contribution in [0.15, 0.2) is 24.4 Å². The van der Waals surface area contributed by atoms with Crippen LogP contribution in [-0.2, 0) is 15.9 Å². The van der Waals surface area contributed by atoms with Crippen LogP contribution < -0.4 is 10.1 Å². The third-order valence-electron chi connectivity index (χ3n) is 5.92. The lowest BCUT2D eigenvalue weighted by molar-refractivity contribution is 0.00706. The summed E-state index contributed by atoms with van der Waals surface area (Å²) in [5.74, 6) is 0.567. The quantitative estimate of drug-likeness (QED) is 0.577. The second kappa shape index (κ2) is 7.05. The fraction of sp³-hybridized carbons (Fsp3) is 0.450.